The van der Waals surface area contributed by atoms with Crippen LogP contribution in [0.4, 0.5) is 0 Å². The number of ketones is 1. The largest absolute Gasteiger partial charge is 0.329 e. The molecular weight excluding hydrogens is 432 g/mol. The van der Waals surface area contributed by atoms with E-state index in [2.05, 4.69) is 29.8 Å². The Labute approximate surface area is 219 Å². The Morgan fingerprint density at radius 2 is 1.06 bits per heavy atom. The summed E-state index contributed by atoms with van der Waals surface area (Å²) in [5.41, 5.74) is 5.47. The lowest BCUT2D eigenvalue weighted by Crippen LogP contribution is -2.37. The molecule has 0 aromatic heterocycles. The minimum Gasteiger partial charge on any atom is -0.329 e. The number of nitrogens with one attached hydrogen (secondary N) is 3. The summed E-state index contributed by atoms with van der Waals surface area (Å²) >= 11 is 0. The highest BCUT2D eigenvalue weighted by molar-refractivity contribution is 5.78. The van der Waals surface area contributed by atoms with E-state index in [4.69, 9.17) is 5.73 Å². The van der Waals surface area contributed by atoms with E-state index >= 15 is 0 Å². The van der Waals surface area contributed by atoms with Crippen LogP contribution in [0.3, 0.4) is 0 Å². The summed E-state index contributed by atoms with van der Waals surface area (Å²) in [6.07, 6.45) is 25.1. The lowest BCUT2D eigenvalue weighted by atomic mass is 10.0. The first kappa shape index (κ1) is 34.5. The average Bonchev–Trinajstić information content (AvgIpc) is 2.87. The first-order valence-corrected chi connectivity index (χ1v) is 15.6. The van der Waals surface area contributed by atoms with Crippen LogP contribution in [-0.2, 0) is 4.79 Å². The number of carbonyl (C=O) groups is 1. The van der Waals surface area contributed by atoms with Crippen molar-refractivity contribution in [1.82, 2.24) is 16.0 Å². The molecule has 0 rings (SSSR count). The van der Waals surface area contributed by atoms with E-state index in [1.165, 1.54) is 103 Å². The second kappa shape index (κ2) is 29.7. The molecule has 0 aliphatic rings. The Hall–Kier alpha value is -0.490. The molecule has 5 nitrogen and oxygen atoms in total. The minimum atomic E-state index is 0.504. The second-order valence-corrected chi connectivity index (χ2v) is 10.5. The van der Waals surface area contributed by atoms with Crippen molar-refractivity contribution >= 4 is 5.78 Å². The van der Waals surface area contributed by atoms with Gasteiger partial charge in [0, 0.05) is 58.2 Å². The van der Waals surface area contributed by atoms with Gasteiger partial charge in [-0.3, -0.25) is 4.79 Å². The van der Waals surface area contributed by atoms with E-state index in [-0.39, 0.29) is 0 Å². The van der Waals surface area contributed by atoms with E-state index in [0.717, 1.165) is 58.4 Å². The first-order chi connectivity index (χ1) is 17.2. The molecule has 0 radical (unpaired) electrons. The number of Topliss-reactive ketones (excluding diaryl/α,β-unsaturated/α-hetero) is 1. The monoisotopic (exact) mass is 497 g/mol. The predicted molar refractivity (Wildman–Crippen MR) is 155 cm³/mol. The topological polar surface area (TPSA) is 79.2 Å². The first-order valence-electron chi connectivity index (χ1n) is 15.6. The molecule has 0 aromatic carbocycles. The molecule has 0 aliphatic heterocycles. The summed E-state index contributed by atoms with van der Waals surface area (Å²) in [7, 11) is 0. The Bertz CT molecular complexity index is 419. The molecule has 5 N–H and O–H groups in total. The molecule has 1 unspecified atom stereocenters. The summed E-state index contributed by atoms with van der Waals surface area (Å²) in [6, 6.07) is 0.656. The maximum absolute atomic E-state index is 12.1. The third kappa shape index (κ3) is 27.9. The van der Waals surface area contributed by atoms with Crippen molar-refractivity contribution in [3.05, 3.63) is 0 Å². The third-order valence-electron chi connectivity index (χ3n) is 7.09. The average molecular weight is 497 g/mol. The zero-order valence-corrected chi connectivity index (χ0v) is 23.9. The van der Waals surface area contributed by atoms with Gasteiger partial charge in [-0.2, -0.15) is 0 Å². The highest BCUT2D eigenvalue weighted by Crippen LogP contribution is 2.14. The van der Waals surface area contributed by atoms with Crippen LogP contribution in [0.15, 0.2) is 0 Å². The van der Waals surface area contributed by atoms with Crippen molar-refractivity contribution in [2.75, 3.05) is 39.3 Å². The number of rotatable bonds is 30. The highest BCUT2D eigenvalue weighted by Gasteiger charge is 2.05. The second-order valence-electron chi connectivity index (χ2n) is 10.5. The fraction of sp³-hybridized carbons (Fsp3) is 0.967. The van der Waals surface area contributed by atoms with Gasteiger partial charge in [0.25, 0.3) is 0 Å². The fourth-order valence-corrected chi connectivity index (χ4v) is 4.70. The van der Waals surface area contributed by atoms with Crippen molar-refractivity contribution in [2.24, 2.45) is 5.73 Å². The normalized spacial score (nSPS) is 12.3. The maximum atomic E-state index is 12.1. The Kier molecular flexibility index (Phi) is 29.3. The molecule has 0 saturated heterocycles. The highest BCUT2D eigenvalue weighted by atomic mass is 16.1. The predicted octanol–water partition coefficient (Wildman–Crippen LogP) is 6.49. The summed E-state index contributed by atoms with van der Waals surface area (Å²) < 4.78 is 0. The Morgan fingerprint density at radius 1 is 0.600 bits per heavy atom. The zero-order valence-electron chi connectivity index (χ0n) is 23.9. The van der Waals surface area contributed by atoms with Crippen LogP contribution in [0.5, 0.6) is 0 Å². The van der Waals surface area contributed by atoms with Crippen molar-refractivity contribution in [3.63, 3.8) is 0 Å². The molecule has 0 saturated carbocycles. The van der Waals surface area contributed by atoms with Gasteiger partial charge in [-0.25, -0.2) is 0 Å². The van der Waals surface area contributed by atoms with E-state index in [9.17, 15) is 4.79 Å². The number of unbranched alkanes of at least 4 members (excludes halogenated alkanes) is 14. The summed E-state index contributed by atoms with van der Waals surface area (Å²) in [6.45, 7) is 10.2. The van der Waals surface area contributed by atoms with Crippen LogP contribution in [0, 0.1) is 0 Å². The van der Waals surface area contributed by atoms with E-state index in [1.807, 2.05) is 0 Å². The van der Waals surface area contributed by atoms with Gasteiger partial charge in [-0.15, -0.1) is 0 Å². The summed E-state index contributed by atoms with van der Waals surface area (Å²) in [5, 5.41) is 10.5. The third-order valence-corrected chi connectivity index (χ3v) is 7.09. The number of carbonyl (C=O) groups excluding carboxylic acids is 1. The SMILES string of the molecule is CCCCCCCCCCCC(=O)CCCCCCCCCC(CC)NCCNCCNCCN. The van der Waals surface area contributed by atoms with Crippen LogP contribution in [0.1, 0.15) is 142 Å². The van der Waals surface area contributed by atoms with E-state index in [1.54, 1.807) is 0 Å². The molecule has 0 bridgehead atoms. The fourth-order valence-electron chi connectivity index (χ4n) is 4.70. The molecule has 210 valence electrons. The number of hydrogen-bond donors (Lipinski definition) is 4. The molecule has 5 heteroatoms. The van der Waals surface area contributed by atoms with Crippen molar-refractivity contribution < 1.29 is 4.79 Å². The Morgan fingerprint density at radius 3 is 1.57 bits per heavy atom. The van der Waals surface area contributed by atoms with Gasteiger partial charge in [0.05, 0.1) is 0 Å². The van der Waals surface area contributed by atoms with Gasteiger partial charge in [0.15, 0.2) is 0 Å². The minimum absolute atomic E-state index is 0.504. The molecule has 1 atom stereocenters. The molecule has 0 amide bonds. The van der Waals surface area contributed by atoms with Crippen LogP contribution in [0.25, 0.3) is 0 Å². The van der Waals surface area contributed by atoms with Gasteiger partial charge >= 0.3 is 0 Å². The van der Waals surface area contributed by atoms with Crippen molar-refractivity contribution in [3.8, 4) is 0 Å². The number of nitrogens with two attached hydrogens (primary N) is 1. The molecule has 35 heavy (non-hydrogen) atoms. The summed E-state index contributed by atoms with van der Waals surface area (Å²) in [4.78, 5) is 12.1. The van der Waals surface area contributed by atoms with Crippen LogP contribution in [0.2, 0.25) is 0 Å². The zero-order chi connectivity index (χ0) is 25.7. The number of hydrogen-bond acceptors (Lipinski definition) is 5. The lowest BCUT2D eigenvalue weighted by molar-refractivity contribution is -0.119. The lowest BCUT2D eigenvalue weighted by Gasteiger charge is -2.17. The van der Waals surface area contributed by atoms with Crippen molar-refractivity contribution in [2.45, 2.75) is 148 Å². The van der Waals surface area contributed by atoms with Gasteiger partial charge in [-0.05, 0) is 25.7 Å². The van der Waals surface area contributed by atoms with Crippen LogP contribution < -0.4 is 21.7 Å². The molecule has 0 aliphatic carbocycles. The molecule has 0 heterocycles. The molecule has 0 fully saturated rings. The van der Waals surface area contributed by atoms with Gasteiger partial charge in [0.2, 0.25) is 0 Å². The van der Waals surface area contributed by atoms with Crippen LogP contribution in [-0.4, -0.2) is 51.1 Å². The van der Waals surface area contributed by atoms with Gasteiger partial charge in [-0.1, -0.05) is 104 Å². The van der Waals surface area contributed by atoms with Crippen molar-refractivity contribution in [1.29, 1.82) is 0 Å². The maximum Gasteiger partial charge on any atom is 0.132 e. The van der Waals surface area contributed by atoms with Crippen LogP contribution >= 0.6 is 0 Å². The standard InChI is InChI=1S/C30H64N4O/c1-3-5-6-7-8-9-12-15-18-21-30(35)22-19-16-13-10-11-14-17-20-29(4-2)34-28-27-33-26-25-32-24-23-31/h29,32-34H,3-28,31H2,1-2H3. The van der Waals surface area contributed by atoms with Gasteiger partial charge < -0.3 is 21.7 Å². The quantitative estimate of drug-likeness (QED) is 0.0854. The van der Waals surface area contributed by atoms with Gasteiger partial charge in [0.1, 0.15) is 5.78 Å². The Balaban J connectivity index is 3.34. The molecule has 0 spiro atoms. The van der Waals surface area contributed by atoms with E-state index < -0.39 is 0 Å². The summed E-state index contributed by atoms with van der Waals surface area (Å²) in [5.74, 6) is 0.504. The molecule has 0 aromatic rings. The molecular formula is C30H64N4O. The smallest absolute Gasteiger partial charge is 0.132 e. The van der Waals surface area contributed by atoms with E-state index in [0.29, 0.717) is 18.4 Å².